The third kappa shape index (κ3) is 7.35. The summed E-state index contributed by atoms with van der Waals surface area (Å²) in [5.74, 6) is 0.806. The van der Waals surface area contributed by atoms with Gasteiger partial charge in [-0.3, -0.25) is 14.6 Å². The summed E-state index contributed by atoms with van der Waals surface area (Å²) >= 11 is 0. The predicted molar refractivity (Wildman–Crippen MR) is 240 cm³/mol. The number of likely N-dealkylation sites (tertiary alicyclic amines) is 2. The molecule has 14 heteroatoms. The van der Waals surface area contributed by atoms with Gasteiger partial charge in [0, 0.05) is 43.3 Å². The van der Waals surface area contributed by atoms with Crippen LogP contribution in [0.5, 0.6) is 0 Å². The van der Waals surface area contributed by atoms with E-state index in [0.717, 1.165) is 93.0 Å². The van der Waals surface area contributed by atoms with Crippen LogP contribution in [-0.2, 0) is 30.2 Å². The fraction of sp³-hybridized carbons (Fsp3) is 0.469. The zero-order valence-corrected chi connectivity index (χ0v) is 36.3. The van der Waals surface area contributed by atoms with E-state index in [4.69, 9.17) is 24.2 Å². The van der Waals surface area contributed by atoms with Crippen molar-refractivity contribution in [2.24, 2.45) is 22.7 Å². The summed E-state index contributed by atoms with van der Waals surface area (Å²) in [5, 5.41) is 10.0. The zero-order valence-electron chi connectivity index (χ0n) is 36.3. The van der Waals surface area contributed by atoms with Crippen LogP contribution in [-0.4, -0.2) is 108 Å². The summed E-state index contributed by atoms with van der Waals surface area (Å²) in [6, 6.07) is 20.0. The van der Waals surface area contributed by atoms with Crippen molar-refractivity contribution >= 4 is 68.0 Å². The van der Waals surface area contributed by atoms with Gasteiger partial charge in [-0.2, -0.15) is 0 Å². The third-order valence-corrected chi connectivity index (χ3v) is 14.4. The van der Waals surface area contributed by atoms with E-state index in [0.29, 0.717) is 44.9 Å². The summed E-state index contributed by atoms with van der Waals surface area (Å²) < 4.78 is 15.3. The first kappa shape index (κ1) is 41.0. The van der Waals surface area contributed by atoms with E-state index < -0.39 is 24.3 Å². The van der Waals surface area contributed by atoms with Crippen molar-refractivity contribution < 1.29 is 33.4 Å². The number of piperidine rings is 1. The van der Waals surface area contributed by atoms with Crippen LogP contribution in [0.25, 0.3) is 43.7 Å². The van der Waals surface area contributed by atoms with Crippen LogP contribution >= 0.6 is 0 Å². The van der Waals surface area contributed by atoms with Crippen LogP contribution in [0, 0.1) is 17.8 Å². The molecule has 14 nitrogen and oxygen atoms in total. The molecule has 0 radical (unpaired) electrons. The molecule has 1 saturated carbocycles. The van der Waals surface area contributed by atoms with Crippen LogP contribution in [0.2, 0.25) is 0 Å². The molecule has 328 valence electrons. The number of nitrogens with zero attached hydrogens (tertiary/aromatic N) is 4. The van der Waals surface area contributed by atoms with E-state index >= 15 is 0 Å². The number of carbonyl (C=O) groups excluding carboxylic acids is 4. The van der Waals surface area contributed by atoms with Crippen LogP contribution in [0.1, 0.15) is 76.2 Å². The Morgan fingerprint density at radius 3 is 2.29 bits per heavy atom. The number of nitrogens with one attached hydrogen (secondary N) is 3. The van der Waals surface area contributed by atoms with E-state index in [1.165, 1.54) is 19.8 Å². The Hall–Kier alpha value is -6.02. The van der Waals surface area contributed by atoms with Gasteiger partial charge in [0.15, 0.2) is 0 Å². The number of aliphatic imine (C=N–C) groups is 1. The van der Waals surface area contributed by atoms with Crippen molar-refractivity contribution in [1.29, 1.82) is 0 Å². The first-order valence-electron chi connectivity index (χ1n) is 22.6. The lowest BCUT2D eigenvalue weighted by Crippen LogP contribution is -2.55. The normalized spacial score (nSPS) is 23.0. The number of carbonyl (C=O) groups is 4. The zero-order chi connectivity index (χ0) is 43.5. The SMILES string of the molecule is COC(=O)N[C@H](C(=O)N1[C@@H]2CC[C@@H](C2)[C@H]1c1nc2c(ccc3cc(-c4ccc5c6c(ccc5c4)N=C([C@@H]4CCCN4C(=O)[C@@H](NC(=O)OC)C4CCOCC4)C6)ccc32)[nH]1)C(C)C. The summed E-state index contributed by atoms with van der Waals surface area (Å²) in [7, 11) is 2.64. The Bertz CT molecular complexity index is 2670. The highest BCUT2D eigenvalue weighted by Crippen LogP contribution is 2.50. The Kier molecular flexibility index (Phi) is 10.8. The van der Waals surface area contributed by atoms with Gasteiger partial charge in [-0.25, -0.2) is 14.6 Å². The number of amides is 4. The molecule has 4 aromatic carbocycles. The smallest absolute Gasteiger partial charge is 0.407 e. The van der Waals surface area contributed by atoms with Crippen molar-refractivity contribution in [1.82, 2.24) is 30.4 Å². The number of fused-ring (bicyclic) bond motifs is 8. The molecule has 1 aliphatic carbocycles. The Morgan fingerprint density at radius 2 is 1.54 bits per heavy atom. The molecule has 5 heterocycles. The number of alkyl carbamates (subject to hydrolysis) is 2. The third-order valence-electron chi connectivity index (χ3n) is 14.4. The standard InChI is InChI=1S/C49H55N7O7/c1-26(2)41(53-48(59)61-3)47(58)56-33-12-7-32(24-33)44(56)45-51-38-16-11-31-23-29(9-14-35(31)43(38)52-45)28-8-13-34-30(22-28)10-15-37-36(34)25-39(50-37)40-6-5-19-55(40)46(57)42(54-49(60)62-4)27-17-20-63-21-18-27/h8-11,13-16,22-23,26-27,32-33,40-42,44H,5-7,12,17-21,24-25H2,1-4H3,(H,51,52)(H,53,59)(H,54,60)/t32-,33+,40-,41-,42-,44-/m0/s1. The lowest BCUT2D eigenvalue weighted by atomic mass is 9.90. The number of hydrogen-bond acceptors (Lipinski definition) is 9. The molecular weight excluding hydrogens is 799 g/mol. The number of aromatic nitrogens is 2. The maximum atomic E-state index is 14.2. The molecule has 3 N–H and O–H groups in total. The predicted octanol–water partition coefficient (Wildman–Crippen LogP) is 7.74. The largest absolute Gasteiger partial charge is 0.453 e. The molecular formula is C49H55N7O7. The van der Waals surface area contributed by atoms with Gasteiger partial charge in [-0.15, -0.1) is 0 Å². The first-order chi connectivity index (χ1) is 30.6. The molecule has 4 amide bonds. The second-order valence-electron chi connectivity index (χ2n) is 18.3. The van der Waals surface area contributed by atoms with E-state index in [2.05, 4.69) is 76.3 Å². The number of benzene rings is 4. The maximum Gasteiger partial charge on any atom is 0.407 e. The number of rotatable bonds is 9. The second-order valence-corrected chi connectivity index (χ2v) is 18.3. The molecule has 0 spiro atoms. The van der Waals surface area contributed by atoms with Gasteiger partial charge in [-0.05, 0) is 120 Å². The van der Waals surface area contributed by atoms with Crippen molar-refractivity contribution in [2.75, 3.05) is 34.0 Å². The molecule has 0 unspecified atom stereocenters. The quantitative estimate of drug-likeness (QED) is 0.135. The van der Waals surface area contributed by atoms with Gasteiger partial charge < -0.3 is 39.6 Å². The van der Waals surface area contributed by atoms with Gasteiger partial charge in [0.2, 0.25) is 11.8 Å². The summed E-state index contributed by atoms with van der Waals surface area (Å²) in [5.41, 5.74) is 7.12. The highest BCUT2D eigenvalue weighted by Gasteiger charge is 2.51. The van der Waals surface area contributed by atoms with Gasteiger partial charge >= 0.3 is 12.2 Å². The number of ether oxygens (including phenoxy) is 3. The van der Waals surface area contributed by atoms with Crippen molar-refractivity contribution in [3.63, 3.8) is 0 Å². The van der Waals surface area contributed by atoms with Gasteiger partial charge in [0.25, 0.3) is 0 Å². The summed E-state index contributed by atoms with van der Waals surface area (Å²) in [6.45, 7) is 5.64. The minimum absolute atomic E-state index is 0.0150. The molecule has 3 saturated heterocycles. The molecule has 2 bridgehead atoms. The number of aromatic amines is 1. The van der Waals surface area contributed by atoms with Crippen LogP contribution in [0.4, 0.5) is 15.3 Å². The fourth-order valence-electron chi connectivity index (χ4n) is 11.3. The molecule has 4 aliphatic heterocycles. The highest BCUT2D eigenvalue weighted by molar-refractivity contribution is 6.07. The van der Waals surface area contributed by atoms with Gasteiger partial charge in [0.05, 0.1) is 43.0 Å². The van der Waals surface area contributed by atoms with Crippen LogP contribution in [0.15, 0.2) is 65.7 Å². The Morgan fingerprint density at radius 1 is 0.825 bits per heavy atom. The number of methoxy groups -OCH3 is 2. The minimum Gasteiger partial charge on any atom is -0.453 e. The van der Waals surface area contributed by atoms with Crippen molar-refractivity contribution in [3.05, 3.63) is 72.1 Å². The second kappa shape index (κ2) is 16.6. The number of imidazole rings is 1. The van der Waals surface area contributed by atoms with Gasteiger partial charge in [0.1, 0.15) is 17.9 Å². The molecule has 1 aromatic heterocycles. The average molecular weight is 854 g/mol. The van der Waals surface area contributed by atoms with Gasteiger partial charge in [-0.1, -0.05) is 50.2 Å². The summed E-state index contributed by atoms with van der Waals surface area (Å²) in [4.78, 5) is 70.8. The highest BCUT2D eigenvalue weighted by atomic mass is 16.5. The topological polar surface area (TPSA) is 168 Å². The van der Waals surface area contributed by atoms with Crippen molar-refractivity contribution in [2.45, 2.75) is 95.4 Å². The average Bonchev–Trinajstić information content (AvgIpc) is 4.17. The molecule has 4 fully saturated rings. The first-order valence-corrected chi connectivity index (χ1v) is 22.6. The number of H-pyrrole nitrogens is 1. The lowest BCUT2D eigenvalue weighted by Gasteiger charge is -2.37. The summed E-state index contributed by atoms with van der Waals surface area (Å²) in [6.07, 6.45) is 5.51. The van der Waals surface area contributed by atoms with E-state index in [1.807, 2.05) is 23.6 Å². The van der Waals surface area contributed by atoms with Crippen LogP contribution in [0.3, 0.4) is 0 Å². The lowest BCUT2D eigenvalue weighted by molar-refractivity contribution is -0.139. The van der Waals surface area contributed by atoms with E-state index in [1.54, 1.807) is 0 Å². The molecule has 63 heavy (non-hydrogen) atoms. The van der Waals surface area contributed by atoms with E-state index in [9.17, 15) is 19.2 Å². The molecule has 5 aliphatic rings. The monoisotopic (exact) mass is 853 g/mol. The number of hydrogen-bond donors (Lipinski definition) is 3. The maximum absolute atomic E-state index is 14.2. The fourth-order valence-corrected chi connectivity index (χ4v) is 11.3. The Balaban J connectivity index is 0.884. The van der Waals surface area contributed by atoms with Crippen molar-refractivity contribution in [3.8, 4) is 11.1 Å². The molecule has 10 rings (SSSR count). The molecule has 6 atom stereocenters. The minimum atomic E-state index is -0.690. The van der Waals surface area contributed by atoms with Crippen LogP contribution < -0.4 is 10.6 Å². The van der Waals surface area contributed by atoms with E-state index in [-0.39, 0.29) is 41.8 Å². The molecule has 5 aromatic rings. The Labute approximate surface area is 366 Å².